The molecule has 0 N–H and O–H groups in total. The molecule has 1 amide bonds. The molecular formula is C24H25N3O4. The maximum atomic E-state index is 12.9. The molecule has 0 aliphatic carbocycles. The van der Waals surface area contributed by atoms with Crippen molar-refractivity contribution in [3.63, 3.8) is 0 Å². The van der Waals surface area contributed by atoms with Crippen molar-refractivity contribution < 1.29 is 19.1 Å². The molecule has 1 fully saturated rings. The van der Waals surface area contributed by atoms with Gasteiger partial charge in [-0.15, -0.1) is 0 Å². The molecule has 160 valence electrons. The normalized spacial score (nSPS) is 18.6. The minimum Gasteiger partial charge on any atom is -0.451 e. The molecule has 7 nitrogen and oxygen atoms in total. The molecule has 0 bridgehead atoms. The van der Waals surface area contributed by atoms with Crippen LogP contribution in [0.25, 0.3) is 16.9 Å². The molecule has 7 heteroatoms. The van der Waals surface area contributed by atoms with Gasteiger partial charge in [0.1, 0.15) is 0 Å². The molecule has 3 aromatic rings. The summed E-state index contributed by atoms with van der Waals surface area (Å²) in [4.78, 5) is 27.2. The van der Waals surface area contributed by atoms with Gasteiger partial charge in [-0.05, 0) is 32.0 Å². The molecule has 2 aromatic carbocycles. The van der Waals surface area contributed by atoms with Crippen molar-refractivity contribution in [2.24, 2.45) is 0 Å². The summed E-state index contributed by atoms with van der Waals surface area (Å²) in [7, 11) is 0. The molecule has 0 unspecified atom stereocenters. The van der Waals surface area contributed by atoms with Gasteiger partial charge < -0.3 is 14.4 Å². The minimum absolute atomic E-state index is 0.0451. The highest BCUT2D eigenvalue weighted by molar-refractivity contribution is 5.91. The molecule has 1 aliphatic heterocycles. The van der Waals surface area contributed by atoms with E-state index in [1.807, 2.05) is 74.5 Å². The van der Waals surface area contributed by atoms with Gasteiger partial charge >= 0.3 is 5.97 Å². The fourth-order valence-electron chi connectivity index (χ4n) is 3.72. The zero-order valence-electron chi connectivity index (χ0n) is 17.6. The Bertz CT molecular complexity index is 1040. The monoisotopic (exact) mass is 419 g/mol. The van der Waals surface area contributed by atoms with Gasteiger partial charge in [0.25, 0.3) is 5.91 Å². The summed E-state index contributed by atoms with van der Waals surface area (Å²) >= 11 is 0. The Hall–Kier alpha value is -3.45. The number of rotatable bonds is 5. The summed E-state index contributed by atoms with van der Waals surface area (Å²) in [5.74, 6) is -0.828. The summed E-state index contributed by atoms with van der Waals surface area (Å²) in [5.41, 5.74) is 2.54. The number of morpholine rings is 1. The van der Waals surface area contributed by atoms with E-state index >= 15 is 0 Å². The zero-order valence-corrected chi connectivity index (χ0v) is 17.6. The smallest absolute Gasteiger partial charge is 0.357 e. The van der Waals surface area contributed by atoms with E-state index < -0.39 is 5.97 Å². The summed E-state index contributed by atoms with van der Waals surface area (Å²) in [6.07, 6.45) is -0.0901. The Morgan fingerprint density at radius 2 is 1.61 bits per heavy atom. The lowest BCUT2D eigenvalue weighted by Gasteiger charge is -2.35. The predicted molar refractivity (Wildman–Crippen MR) is 116 cm³/mol. The van der Waals surface area contributed by atoms with Crippen LogP contribution in [0.4, 0.5) is 0 Å². The summed E-state index contributed by atoms with van der Waals surface area (Å²) in [6, 6.07) is 20.7. The Labute approximate surface area is 181 Å². The van der Waals surface area contributed by atoms with Crippen molar-refractivity contribution in [3.8, 4) is 16.9 Å². The number of amides is 1. The number of ether oxygens (including phenoxy) is 2. The molecule has 1 aromatic heterocycles. The van der Waals surface area contributed by atoms with E-state index in [0.717, 1.165) is 11.3 Å². The van der Waals surface area contributed by atoms with Crippen molar-refractivity contribution in [2.45, 2.75) is 26.1 Å². The second-order valence-corrected chi connectivity index (χ2v) is 7.66. The first kappa shape index (κ1) is 20.8. The van der Waals surface area contributed by atoms with Crippen LogP contribution in [0.1, 0.15) is 24.3 Å². The quantitative estimate of drug-likeness (QED) is 0.593. The van der Waals surface area contributed by atoms with Crippen molar-refractivity contribution in [1.29, 1.82) is 0 Å². The third kappa shape index (κ3) is 4.83. The highest BCUT2D eigenvalue weighted by Gasteiger charge is 2.27. The molecule has 0 radical (unpaired) electrons. The molecule has 2 atom stereocenters. The number of hydrogen-bond acceptors (Lipinski definition) is 5. The minimum atomic E-state index is -0.596. The topological polar surface area (TPSA) is 73.7 Å². The van der Waals surface area contributed by atoms with Crippen LogP contribution in [-0.2, 0) is 14.3 Å². The average molecular weight is 419 g/mol. The maximum Gasteiger partial charge on any atom is 0.357 e. The highest BCUT2D eigenvalue weighted by Crippen LogP contribution is 2.22. The van der Waals surface area contributed by atoms with Crippen molar-refractivity contribution in [2.75, 3.05) is 19.7 Å². The number of para-hydroxylation sites is 1. The van der Waals surface area contributed by atoms with E-state index in [9.17, 15) is 9.59 Å². The molecule has 4 rings (SSSR count). The number of esters is 1. The highest BCUT2D eigenvalue weighted by atomic mass is 16.5. The number of benzene rings is 2. The first-order valence-corrected chi connectivity index (χ1v) is 10.3. The average Bonchev–Trinajstić information content (AvgIpc) is 3.23. The molecule has 1 saturated heterocycles. The lowest BCUT2D eigenvalue weighted by molar-refractivity contribution is -0.146. The molecule has 0 spiro atoms. The molecule has 31 heavy (non-hydrogen) atoms. The largest absolute Gasteiger partial charge is 0.451 e. The summed E-state index contributed by atoms with van der Waals surface area (Å²) in [6.45, 7) is 4.50. The van der Waals surface area contributed by atoms with Crippen molar-refractivity contribution in [1.82, 2.24) is 14.7 Å². The van der Waals surface area contributed by atoms with Gasteiger partial charge in [-0.3, -0.25) is 4.79 Å². The van der Waals surface area contributed by atoms with E-state index in [0.29, 0.717) is 18.8 Å². The Morgan fingerprint density at radius 1 is 1.00 bits per heavy atom. The van der Waals surface area contributed by atoms with Gasteiger partial charge in [0.2, 0.25) is 0 Å². The van der Waals surface area contributed by atoms with Gasteiger partial charge in [-0.1, -0.05) is 48.5 Å². The fourth-order valence-corrected chi connectivity index (χ4v) is 3.72. The van der Waals surface area contributed by atoms with Crippen LogP contribution in [0.3, 0.4) is 0 Å². The standard InChI is InChI=1S/C24H25N3O4/c1-17-14-26(15-18(2)31-17)23(28)16-30-24(29)22-13-21(19-9-5-3-6-10-19)25-27(22)20-11-7-4-8-12-20/h3-13,17-18H,14-16H2,1-2H3/t17-,18-/m1/s1. The molecule has 0 saturated carbocycles. The molecule has 2 heterocycles. The third-order valence-corrected chi connectivity index (χ3v) is 5.09. The van der Waals surface area contributed by atoms with Gasteiger partial charge in [-0.2, -0.15) is 5.10 Å². The van der Waals surface area contributed by atoms with E-state index in [1.54, 1.807) is 15.6 Å². The van der Waals surface area contributed by atoms with E-state index in [2.05, 4.69) is 5.10 Å². The predicted octanol–water partition coefficient (Wildman–Crippen LogP) is 3.33. The van der Waals surface area contributed by atoms with E-state index in [4.69, 9.17) is 9.47 Å². The zero-order chi connectivity index (χ0) is 21.8. The van der Waals surface area contributed by atoms with Crippen LogP contribution < -0.4 is 0 Å². The van der Waals surface area contributed by atoms with Crippen LogP contribution in [0.15, 0.2) is 66.7 Å². The Balaban J connectivity index is 1.54. The van der Waals surface area contributed by atoms with Crippen LogP contribution in [0, 0.1) is 0 Å². The van der Waals surface area contributed by atoms with Crippen LogP contribution in [-0.4, -0.2) is 58.5 Å². The van der Waals surface area contributed by atoms with Crippen LogP contribution in [0.2, 0.25) is 0 Å². The lowest BCUT2D eigenvalue weighted by atomic mass is 10.1. The second kappa shape index (κ2) is 9.14. The lowest BCUT2D eigenvalue weighted by Crippen LogP contribution is -2.49. The van der Waals surface area contributed by atoms with Crippen LogP contribution >= 0.6 is 0 Å². The second-order valence-electron chi connectivity index (χ2n) is 7.66. The van der Waals surface area contributed by atoms with Gasteiger partial charge in [-0.25, -0.2) is 9.48 Å². The fraction of sp³-hybridized carbons (Fsp3) is 0.292. The Kier molecular flexibility index (Phi) is 6.13. The van der Waals surface area contributed by atoms with Crippen LogP contribution in [0.5, 0.6) is 0 Å². The molecular weight excluding hydrogens is 394 g/mol. The third-order valence-electron chi connectivity index (χ3n) is 5.09. The van der Waals surface area contributed by atoms with E-state index in [-0.39, 0.29) is 30.4 Å². The van der Waals surface area contributed by atoms with E-state index in [1.165, 1.54) is 0 Å². The maximum absolute atomic E-state index is 12.9. The number of hydrogen-bond donors (Lipinski definition) is 0. The Morgan fingerprint density at radius 3 is 2.26 bits per heavy atom. The van der Waals surface area contributed by atoms with Crippen molar-refractivity contribution >= 4 is 11.9 Å². The first-order valence-electron chi connectivity index (χ1n) is 10.3. The number of aromatic nitrogens is 2. The summed E-state index contributed by atoms with van der Waals surface area (Å²) < 4.78 is 12.6. The molecule has 1 aliphatic rings. The SMILES string of the molecule is C[C@@H]1CN(C(=O)COC(=O)c2cc(-c3ccccc3)nn2-c2ccccc2)C[C@@H](C)O1. The van der Waals surface area contributed by atoms with Gasteiger partial charge in [0, 0.05) is 18.7 Å². The van der Waals surface area contributed by atoms with Crippen molar-refractivity contribution in [3.05, 3.63) is 72.4 Å². The number of carbonyl (C=O) groups excluding carboxylic acids is 2. The first-order chi connectivity index (χ1) is 15.0. The number of carbonyl (C=O) groups is 2. The van der Waals surface area contributed by atoms with Gasteiger partial charge in [0.15, 0.2) is 12.3 Å². The van der Waals surface area contributed by atoms with Gasteiger partial charge in [0.05, 0.1) is 23.6 Å². The summed E-state index contributed by atoms with van der Waals surface area (Å²) in [5, 5.41) is 4.61. The number of nitrogens with zero attached hydrogens (tertiary/aromatic N) is 3.